The number of amides is 2. The molecule has 4 rings (SSSR count). The molecule has 31 heavy (non-hydrogen) atoms. The van der Waals surface area contributed by atoms with Gasteiger partial charge >= 0.3 is 11.9 Å². The molecule has 0 N–H and O–H groups in total. The van der Waals surface area contributed by atoms with Gasteiger partial charge in [0.25, 0.3) is 12.0 Å². The maximum Gasteiger partial charge on any atom is 0.305 e. The van der Waals surface area contributed by atoms with Gasteiger partial charge in [-0.25, -0.2) is 4.90 Å². The third-order valence-electron chi connectivity index (χ3n) is 5.37. The van der Waals surface area contributed by atoms with E-state index in [1.807, 2.05) is 0 Å². The van der Waals surface area contributed by atoms with Crippen molar-refractivity contribution in [3.63, 3.8) is 0 Å². The minimum Gasteiger partial charge on any atom is -0.422 e. The smallest absolute Gasteiger partial charge is 0.305 e. The van der Waals surface area contributed by atoms with Crippen molar-refractivity contribution >= 4 is 51.1 Å². The van der Waals surface area contributed by atoms with Crippen LogP contribution in [0, 0.1) is 22.0 Å². The minimum atomic E-state index is -1.72. The van der Waals surface area contributed by atoms with Crippen LogP contribution >= 0.6 is 15.9 Å². The summed E-state index contributed by atoms with van der Waals surface area (Å²) in [6.45, 7) is 2.18. The number of halogens is 1. The number of nitrogens with zero attached hydrogens (tertiary/aromatic N) is 2. The molecule has 0 spiro atoms. The molecule has 3 aliphatic heterocycles. The van der Waals surface area contributed by atoms with Crippen LogP contribution in [0.3, 0.4) is 0 Å². The number of fused-ring (bicyclic) bond motifs is 5. The van der Waals surface area contributed by atoms with Gasteiger partial charge in [0.15, 0.2) is 5.60 Å². The van der Waals surface area contributed by atoms with Gasteiger partial charge in [0.2, 0.25) is 11.8 Å². The summed E-state index contributed by atoms with van der Waals surface area (Å²) in [5.41, 5.74) is -2.36. The third-order valence-corrected chi connectivity index (χ3v) is 5.86. The number of anilines is 1. The molecule has 162 valence electrons. The van der Waals surface area contributed by atoms with Crippen LogP contribution in [-0.4, -0.2) is 46.7 Å². The van der Waals surface area contributed by atoms with Crippen molar-refractivity contribution in [2.45, 2.75) is 31.8 Å². The molecule has 4 atom stereocenters. The van der Waals surface area contributed by atoms with Crippen molar-refractivity contribution < 1.29 is 38.3 Å². The monoisotopic (exact) mass is 494 g/mol. The van der Waals surface area contributed by atoms with Gasteiger partial charge in [0.1, 0.15) is 5.69 Å². The Labute approximate surface area is 183 Å². The lowest BCUT2D eigenvalue weighted by atomic mass is 9.76. The summed E-state index contributed by atoms with van der Waals surface area (Å²) in [5, 5.41) is 11.5. The number of imide groups is 1. The molecule has 0 aliphatic carbocycles. The number of hydrogen-bond donors (Lipinski definition) is 0. The van der Waals surface area contributed by atoms with Crippen molar-refractivity contribution in [1.82, 2.24) is 0 Å². The Morgan fingerprint density at radius 3 is 2.45 bits per heavy atom. The Hall–Kier alpha value is -3.12. The Balaban J connectivity index is 1.79. The lowest BCUT2D eigenvalue weighted by Gasteiger charge is -2.34. The second-order valence-electron chi connectivity index (χ2n) is 7.25. The quantitative estimate of drug-likeness (QED) is 0.149. The molecule has 2 bridgehead atoms. The summed E-state index contributed by atoms with van der Waals surface area (Å²) >= 11 is 3.13. The molecule has 3 heterocycles. The SMILES string of the molecule is CC(=O)OC(OC(C)=O)[C@]12C=C[C@H](O1)[C@@H]1C(=O)N(c3ccc(Br)cc3[N+](=O)[O-])C(=O)[C@@H]12. The lowest BCUT2D eigenvalue weighted by Crippen LogP contribution is -2.52. The average Bonchev–Trinajstić information content (AvgIpc) is 3.32. The van der Waals surface area contributed by atoms with E-state index in [4.69, 9.17) is 14.2 Å². The molecule has 0 radical (unpaired) electrons. The summed E-state index contributed by atoms with van der Waals surface area (Å²) in [7, 11) is 0. The predicted molar refractivity (Wildman–Crippen MR) is 104 cm³/mol. The number of esters is 2. The molecule has 0 unspecified atom stereocenters. The Kier molecular flexibility index (Phi) is 4.93. The van der Waals surface area contributed by atoms with E-state index in [1.54, 1.807) is 0 Å². The number of benzene rings is 1. The zero-order chi connectivity index (χ0) is 22.7. The van der Waals surface area contributed by atoms with Crippen LogP contribution in [0.25, 0.3) is 0 Å². The van der Waals surface area contributed by atoms with E-state index in [9.17, 15) is 29.3 Å². The Morgan fingerprint density at radius 2 is 1.87 bits per heavy atom. The highest BCUT2D eigenvalue weighted by atomic mass is 79.9. The second-order valence-corrected chi connectivity index (χ2v) is 8.17. The molecule has 2 saturated heterocycles. The van der Waals surface area contributed by atoms with Crippen LogP contribution in [0.1, 0.15) is 13.8 Å². The first kappa shape index (κ1) is 21.1. The Bertz CT molecular complexity index is 1050. The first-order chi connectivity index (χ1) is 14.6. The zero-order valence-corrected chi connectivity index (χ0v) is 17.7. The van der Waals surface area contributed by atoms with Gasteiger partial charge in [-0.2, -0.15) is 0 Å². The van der Waals surface area contributed by atoms with Gasteiger partial charge in [-0.15, -0.1) is 0 Å². The maximum absolute atomic E-state index is 13.4. The molecule has 1 aromatic rings. The topological polar surface area (TPSA) is 142 Å². The fraction of sp³-hybridized carbons (Fsp3) is 0.368. The van der Waals surface area contributed by atoms with Gasteiger partial charge < -0.3 is 14.2 Å². The van der Waals surface area contributed by atoms with Crippen LogP contribution < -0.4 is 4.90 Å². The number of carbonyl (C=O) groups excluding carboxylic acids is 4. The van der Waals surface area contributed by atoms with Crippen molar-refractivity contribution in [1.29, 1.82) is 0 Å². The van der Waals surface area contributed by atoms with Crippen molar-refractivity contribution in [3.05, 3.63) is 44.9 Å². The number of ether oxygens (including phenoxy) is 3. The molecule has 0 saturated carbocycles. The highest BCUT2D eigenvalue weighted by molar-refractivity contribution is 9.10. The molecule has 0 aromatic heterocycles. The number of rotatable bonds is 5. The lowest BCUT2D eigenvalue weighted by molar-refractivity contribution is -0.384. The summed E-state index contributed by atoms with van der Waals surface area (Å²) in [5.74, 6) is -5.28. The summed E-state index contributed by atoms with van der Waals surface area (Å²) < 4.78 is 16.5. The highest BCUT2D eigenvalue weighted by Gasteiger charge is 2.72. The number of hydrogen-bond acceptors (Lipinski definition) is 9. The van der Waals surface area contributed by atoms with E-state index in [0.29, 0.717) is 4.47 Å². The molecule has 2 fully saturated rings. The third kappa shape index (κ3) is 3.13. The van der Waals surface area contributed by atoms with Gasteiger partial charge in [0.05, 0.1) is 22.9 Å². The van der Waals surface area contributed by atoms with Crippen LogP contribution in [0.4, 0.5) is 11.4 Å². The van der Waals surface area contributed by atoms with Crippen molar-refractivity contribution in [3.8, 4) is 0 Å². The van der Waals surface area contributed by atoms with Crippen molar-refractivity contribution in [2.75, 3.05) is 4.90 Å². The normalized spacial score (nSPS) is 28.3. The number of nitro groups is 1. The summed E-state index contributed by atoms with van der Waals surface area (Å²) in [6, 6.07) is 3.94. The molecular weight excluding hydrogens is 480 g/mol. The van der Waals surface area contributed by atoms with E-state index in [-0.39, 0.29) is 5.69 Å². The first-order valence-electron chi connectivity index (χ1n) is 9.10. The molecule has 3 aliphatic rings. The van der Waals surface area contributed by atoms with Gasteiger partial charge in [-0.3, -0.25) is 29.3 Å². The molecule has 12 heteroatoms. The molecule has 2 amide bonds. The fourth-order valence-corrected chi connectivity index (χ4v) is 4.64. The maximum atomic E-state index is 13.4. The van der Waals surface area contributed by atoms with E-state index in [0.717, 1.165) is 18.7 Å². The molecule has 1 aromatic carbocycles. The summed E-state index contributed by atoms with van der Waals surface area (Å²) in [6.07, 6.45) is 0.483. The Morgan fingerprint density at radius 1 is 1.23 bits per heavy atom. The zero-order valence-electron chi connectivity index (χ0n) is 16.1. The molecular formula is C19H15BrN2O9. The number of nitro benzene ring substituents is 1. The first-order valence-corrected chi connectivity index (χ1v) is 9.89. The van der Waals surface area contributed by atoms with Crippen LogP contribution in [0.5, 0.6) is 0 Å². The molecule has 11 nitrogen and oxygen atoms in total. The van der Waals surface area contributed by atoms with E-state index < -0.39 is 64.2 Å². The van der Waals surface area contributed by atoms with Crippen LogP contribution in [-0.2, 0) is 33.4 Å². The second kappa shape index (κ2) is 7.24. The van der Waals surface area contributed by atoms with E-state index in [1.165, 1.54) is 30.4 Å². The van der Waals surface area contributed by atoms with Crippen molar-refractivity contribution in [2.24, 2.45) is 11.8 Å². The standard InChI is InChI=1S/C19H15BrN2O9/c1-8(23)29-18(30-9(2)24)19-6-5-13(31-19)14-15(19)17(26)21(16(14)25)11-4-3-10(20)7-12(11)22(27)28/h3-7,13-15,18H,1-2H3/t13-,14-,15+,19+/m0/s1. The predicted octanol–water partition coefficient (Wildman–Crippen LogP) is 1.62. The number of carbonyl (C=O) groups is 4. The van der Waals surface area contributed by atoms with Crippen LogP contribution in [0.2, 0.25) is 0 Å². The summed E-state index contributed by atoms with van der Waals surface area (Å²) in [4.78, 5) is 61.4. The fourth-order valence-electron chi connectivity index (χ4n) is 4.29. The van der Waals surface area contributed by atoms with Gasteiger partial charge in [-0.1, -0.05) is 22.0 Å². The van der Waals surface area contributed by atoms with Gasteiger partial charge in [0, 0.05) is 24.4 Å². The van der Waals surface area contributed by atoms with E-state index >= 15 is 0 Å². The highest BCUT2D eigenvalue weighted by Crippen LogP contribution is 2.55. The minimum absolute atomic E-state index is 0.191. The average molecular weight is 495 g/mol. The van der Waals surface area contributed by atoms with Crippen LogP contribution in [0.15, 0.2) is 34.8 Å². The largest absolute Gasteiger partial charge is 0.422 e. The van der Waals surface area contributed by atoms with Gasteiger partial charge in [-0.05, 0) is 18.2 Å². The van der Waals surface area contributed by atoms with E-state index in [2.05, 4.69) is 15.9 Å².